The fourth-order valence-corrected chi connectivity index (χ4v) is 2.55. The second-order valence-corrected chi connectivity index (χ2v) is 6.41. The first-order valence-corrected chi connectivity index (χ1v) is 7.54. The molecule has 0 aliphatic heterocycles. The summed E-state index contributed by atoms with van der Waals surface area (Å²) in [7, 11) is 1.65. The molecule has 2 rings (SSSR count). The lowest BCUT2D eigenvalue weighted by atomic mass is 9.88. The lowest BCUT2D eigenvalue weighted by Gasteiger charge is -2.17. The van der Waals surface area contributed by atoms with Gasteiger partial charge in [0.1, 0.15) is 5.75 Å². The summed E-state index contributed by atoms with van der Waals surface area (Å²) < 4.78 is 7.38. The molecule has 3 N–H and O–H groups in total. The average Bonchev–Trinajstić information content (AvgIpc) is 2.83. The molecular formula is C17H25N3O2. The summed E-state index contributed by atoms with van der Waals surface area (Å²) in [4.78, 5) is 0. The van der Waals surface area contributed by atoms with E-state index in [9.17, 15) is 5.11 Å². The lowest BCUT2D eigenvalue weighted by Crippen LogP contribution is -2.15. The molecule has 0 atom stereocenters. The molecule has 5 heteroatoms. The molecule has 5 nitrogen and oxygen atoms in total. The van der Waals surface area contributed by atoms with Crippen LogP contribution < -0.4 is 10.5 Å². The third-order valence-corrected chi connectivity index (χ3v) is 3.55. The van der Waals surface area contributed by atoms with Gasteiger partial charge in [-0.3, -0.25) is 0 Å². The highest BCUT2D eigenvalue weighted by Crippen LogP contribution is 2.34. The number of nitrogens with two attached hydrogens (primary N) is 1. The molecule has 0 unspecified atom stereocenters. The van der Waals surface area contributed by atoms with E-state index in [-0.39, 0.29) is 11.2 Å². The van der Waals surface area contributed by atoms with Gasteiger partial charge in [0, 0.05) is 17.0 Å². The quantitative estimate of drug-likeness (QED) is 0.891. The normalized spacial score (nSPS) is 11.7. The zero-order valence-corrected chi connectivity index (χ0v) is 13.8. The van der Waals surface area contributed by atoms with Gasteiger partial charge in [0.2, 0.25) is 5.88 Å². The molecule has 0 radical (unpaired) electrons. The Morgan fingerprint density at radius 1 is 1.32 bits per heavy atom. The monoisotopic (exact) mass is 303 g/mol. The summed E-state index contributed by atoms with van der Waals surface area (Å²) in [6.07, 6.45) is 1.70. The molecule has 1 aromatic heterocycles. The van der Waals surface area contributed by atoms with Gasteiger partial charge in [0.25, 0.3) is 0 Å². The van der Waals surface area contributed by atoms with Crippen molar-refractivity contribution in [3.05, 3.63) is 35.5 Å². The van der Waals surface area contributed by atoms with Crippen LogP contribution in [0.15, 0.2) is 24.3 Å². The predicted octanol–water partition coefficient (Wildman–Crippen LogP) is 2.78. The van der Waals surface area contributed by atoms with E-state index in [0.29, 0.717) is 12.4 Å². The highest BCUT2D eigenvalue weighted by atomic mass is 16.5. The van der Waals surface area contributed by atoms with Crippen LogP contribution in [-0.4, -0.2) is 28.5 Å². The summed E-state index contributed by atoms with van der Waals surface area (Å²) in [6.45, 7) is 7.03. The molecule has 0 spiro atoms. The van der Waals surface area contributed by atoms with Crippen LogP contribution in [0.3, 0.4) is 0 Å². The number of phenols is 1. The molecule has 120 valence electrons. The molecule has 22 heavy (non-hydrogen) atoms. The fraction of sp³-hybridized carbons (Fsp3) is 0.471. The van der Waals surface area contributed by atoms with Gasteiger partial charge in [0.05, 0.1) is 18.5 Å². The molecule has 0 fully saturated rings. The van der Waals surface area contributed by atoms with Gasteiger partial charge in [0.15, 0.2) is 0 Å². The van der Waals surface area contributed by atoms with E-state index in [1.165, 1.54) is 0 Å². The van der Waals surface area contributed by atoms with Crippen molar-refractivity contribution in [2.24, 2.45) is 5.73 Å². The van der Waals surface area contributed by atoms with Crippen molar-refractivity contribution in [1.82, 2.24) is 9.78 Å². The number of rotatable bonds is 5. The van der Waals surface area contributed by atoms with Crippen LogP contribution in [0.25, 0.3) is 5.69 Å². The highest BCUT2D eigenvalue weighted by Gasteiger charge is 2.27. The van der Waals surface area contributed by atoms with Gasteiger partial charge < -0.3 is 15.6 Å². The summed E-state index contributed by atoms with van der Waals surface area (Å²) >= 11 is 0. The summed E-state index contributed by atoms with van der Waals surface area (Å²) in [6, 6.07) is 7.00. The van der Waals surface area contributed by atoms with Crippen molar-refractivity contribution in [2.45, 2.75) is 39.0 Å². The number of aromatic nitrogens is 2. The maximum absolute atomic E-state index is 9.72. The number of aromatic hydroxyl groups is 1. The molecule has 0 bridgehead atoms. The second kappa shape index (κ2) is 6.40. The van der Waals surface area contributed by atoms with E-state index in [1.54, 1.807) is 30.0 Å². The number of hydrogen-bond acceptors (Lipinski definition) is 4. The van der Waals surface area contributed by atoms with Crippen LogP contribution in [0.5, 0.6) is 11.6 Å². The number of phenolic OH excluding ortho intramolecular Hbond substituents is 1. The van der Waals surface area contributed by atoms with E-state index in [1.807, 2.05) is 6.07 Å². The number of nitrogens with zero attached hydrogens (tertiary/aromatic N) is 2. The van der Waals surface area contributed by atoms with Crippen LogP contribution in [0.2, 0.25) is 0 Å². The molecule has 2 aromatic rings. The van der Waals surface area contributed by atoms with E-state index >= 15 is 0 Å². The fourth-order valence-electron chi connectivity index (χ4n) is 2.55. The Morgan fingerprint density at radius 3 is 2.59 bits per heavy atom. The first kappa shape index (κ1) is 16.4. The Kier molecular flexibility index (Phi) is 4.76. The third-order valence-electron chi connectivity index (χ3n) is 3.55. The van der Waals surface area contributed by atoms with Crippen molar-refractivity contribution in [3.8, 4) is 17.3 Å². The van der Waals surface area contributed by atoms with Gasteiger partial charge in [-0.1, -0.05) is 26.8 Å². The van der Waals surface area contributed by atoms with Gasteiger partial charge in [-0.2, -0.15) is 5.10 Å². The van der Waals surface area contributed by atoms with Crippen LogP contribution >= 0.6 is 0 Å². The Morgan fingerprint density at radius 2 is 2.05 bits per heavy atom. The van der Waals surface area contributed by atoms with Crippen LogP contribution in [0, 0.1) is 0 Å². The lowest BCUT2D eigenvalue weighted by molar-refractivity contribution is 0.378. The Bertz CT molecular complexity index is 642. The topological polar surface area (TPSA) is 73.3 Å². The number of ether oxygens (including phenoxy) is 1. The third kappa shape index (κ3) is 3.25. The second-order valence-electron chi connectivity index (χ2n) is 6.41. The summed E-state index contributed by atoms with van der Waals surface area (Å²) in [5, 5.41) is 14.5. The number of hydrogen-bond donors (Lipinski definition) is 2. The van der Waals surface area contributed by atoms with Gasteiger partial charge in [-0.05, 0) is 31.5 Å². The Hall–Kier alpha value is -2.01. The van der Waals surface area contributed by atoms with Gasteiger partial charge in [-0.25, -0.2) is 4.68 Å². The predicted molar refractivity (Wildman–Crippen MR) is 87.9 cm³/mol. The zero-order chi connectivity index (χ0) is 16.3. The van der Waals surface area contributed by atoms with Crippen molar-refractivity contribution in [1.29, 1.82) is 0 Å². The first-order chi connectivity index (χ1) is 10.4. The van der Waals surface area contributed by atoms with Gasteiger partial charge in [-0.15, -0.1) is 0 Å². The van der Waals surface area contributed by atoms with Crippen molar-refractivity contribution < 1.29 is 9.84 Å². The minimum absolute atomic E-state index is 0.0979. The SMILES string of the molecule is COc1c(CCCN)c(C(C)(C)C)nn1-c1cccc(O)c1. The van der Waals surface area contributed by atoms with E-state index in [4.69, 9.17) is 15.6 Å². The molecule has 0 saturated heterocycles. The van der Waals surface area contributed by atoms with Crippen molar-refractivity contribution in [2.75, 3.05) is 13.7 Å². The van der Waals surface area contributed by atoms with Crippen molar-refractivity contribution in [3.63, 3.8) is 0 Å². The molecule has 0 saturated carbocycles. The number of benzene rings is 1. The minimum atomic E-state index is -0.0979. The minimum Gasteiger partial charge on any atom is -0.508 e. The maximum atomic E-state index is 9.72. The van der Waals surface area contributed by atoms with Crippen LogP contribution in [0.4, 0.5) is 0 Å². The smallest absolute Gasteiger partial charge is 0.219 e. The molecule has 0 amide bonds. The van der Waals surface area contributed by atoms with Gasteiger partial charge >= 0.3 is 0 Å². The zero-order valence-electron chi connectivity index (χ0n) is 13.8. The van der Waals surface area contributed by atoms with E-state index < -0.39 is 0 Å². The molecule has 0 aliphatic carbocycles. The maximum Gasteiger partial charge on any atom is 0.219 e. The summed E-state index contributed by atoms with van der Waals surface area (Å²) in [5.74, 6) is 0.917. The largest absolute Gasteiger partial charge is 0.508 e. The first-order valence-electron chi connectivity index (χ1n) is 7.54. The average molecular weight is 303 g/mol. The summed E-state index contributed by atoms with van der Waals surface area (Å²) in [5.41, 5.74) is 8.43. The van der Waals surface area contributed by atoms with E-state index in [0.717, 1.165) is 29.8 Å². The number of methoxy groups -OCH3 is 1. The van der Waals surface area contributed by atoms with Crippen LogP contribution in [0.1, 0.15) is 38.4 Å². The molecule has 1 heterocycles. The highest BCUT2D eigenvalue weighted by molar-refractivity contribution is 5.45. The molecule has 1 aromatic carbocycles. The molecular weight excluding hydrogens is 278 g/mol. The van der Waals surface area contributed by atoms with Crippen LogP contribution in [-0.2, 0) is 11.8 Å². The van der Waals surface area contributed by atoms with E-state index in [2.05, 4.69) is 20.8 Å². The standard InChI is InChI=1S/C17H25N3O2/c1-17(2,3)15-14(9-6-10-18)16(22-4)20(19-15)12-7-5-8-13(21)11-12/h5,7-8,11,21H,6,9-10,18H2,1-4H3. The Balaban J connectivity index is 2.62. The Labute approximate surface area is 131 Å². The molecule has 0 aliphatic rings. The van der Waals surface area contributed by atoms with Crippen molar-refractivity contribution >= 4 is 0 Å².